The van der Waals surface area contributed by atoms with Crippen molar-refractivity contribution in [1.29, 1.82) is 0 Å². The minimum atomic E-state index is 0.0322. The fraction of sp³-hybridized carbons (Fsp3) is 0.375. The van der Waals surface area contributed by atoms with Crippen molar-refractivity contribution in [3.8, 4) is 0 Å². The van der Waals surface area contributed by atoms with E-state index in [0.29, 0.717) is 11.1 Å². The Bertz CT molecular complexity index is 921. The number of hydrogen-bond acceptors (Lipinski definition) is 4. The van der Waals surface area contributed by atoms with Gasteiger partial charge in [0.2, 0.25) is 5.96 Å². The molecule has 1 aromatic carbocycles. The number of allylic oxidation sites excluding steroid dienone is 5. The summed E-state index contributed by atoms with van der Waals surface area (Å²) < 4.78 is 0. The number of nitrogens with zero attached hydrogens (tertiary/aromatic N) is 3. The van der Waals surface area contributed by atoms with Crippen molar-refractivity contribution in [2.24, 2.45) is 9.98 Å². The van der Waals surface area contributed by atoms with Crippen molar-refractivity contribution in [3.05, 3.63) is 64.4 Å². The van der Waals surface area contributed by atoms with E-state index in [1.54, 1.807) is 0 Å². The third kappa shape index (κ3) is 3.39. The topological polar surface area (TPSA) is 45.0 Å². The molecule has 146 valence electrons. The predicted molar refractivity (Wildman–Crippen MR) is 118 cm³/mol. The molecule has 1 aliphatic carbocycles. The van der Waals surface area contributed by atoms with Crippen molar-refractivity contribution >= 4 is 23.0 Å². The summed E-state index contributed by atoms with van der Waals surface area (Å²) in [7, 11) is 0. The zero-order valence-corrected chi connectivity index (χ0v) is 17.5. The Morgan fingerprint density at radius 1 is 0.929 bits per heavy atom. The van der Waals surface area contributed by atoms with Crippen LogP contribution in [0.3, 0.4) is 0 Å². The third-order valence-electron chi connectivity index (χ3n) is 5.21. The molecule has 0 aromatic heterocycles. The second kappa shape index (κ2) is 8.51. The van der Waals surface area contributed by atoms with E-state index in [2.05, 4.69) is 4.90 Å². The normalized spacial score (nSPS) is 21.6. The second-order valence-corrected chi connectivity index (χ2v) is 6.89. The van der Waals surface area contributed by atoms with Crippen molar-refractivity contribution in [2.75, 3.05) is 13.1 Å². The van der Waals surface area contributed by atoms with E-state index in [9.17, 15) is 4.79 Å². The number of Topliss-reactive ketones (excluding diaryl/α,β-unsaturated/α-hetero) is 1. The number of carbonyl (C=O) groups excluding carboxylic acids is 1. The maximum absolute atomic E-state index is 13.3. The highest BCUT2D eigenvalue weighted by molar-refractivity contribution is 6.45. The van der Waals surface area contributed by atoms with Crippen LogP contribution in [0.1, 0.15) is 51.7 Å². The summed E-state index contributed by atoms with van der Waals surface area (Å²) in [5.41, 5.74) is 5.90. The van der Waals surface area contributed by atoms with Crippen LogP contribution in [-0.2, 0) is 4.79 Å². The molecule has 0 radical (unpaired) electrons. The summed E-state index contributed by atoms with van der Waals surface area (Å²) in [4.78, 5) is 25.2. The molecule has 0 N–H and O–H groups in total. The SMILES string of the molecule is C/C=C1/C(=O)C(c2ccc(C)cc2)=C2N=C(N3CCCC3)N=C2/C1=C/C.CC. The maximum Gasteiger partial charge on any atom is 0.226 e. The van der Waals surface area contributed by atoms with Crippen LogP contribution < -0.4 is 0 Å². The molecule has 3 aliphatic rings. The van der Waals surface area contributed by atoms with Crippen LogP contribution in [0.15, 0.2) is 63.2 Å². The van der Waals surface area contributed by atoms with Gasteiger partial charge in [0.15, 0.2) is 5.78 Å². The predicted octanol–water partition coefficient (Wildman–Crippen LogP) is 5.11. The first-order chi connectivity index (χ1) is 13.6. The zero-order chi connectivity index (χ0) is 20.3. The molecular weight excluding hydrogens is 346 g/mol. The first-order valence-corrected chi connectivity index (χ1v) is 10.3. The van der Waals surface area contributed by atoms with Gasteiger partial charge in [0.1, 0.15) is 11.4 Å². The van der Waals surface area contributed by atoms with Gasteiger partial charge < -0.3 is 4.90 Å². The maximum atomic E-state index is 13.3. The lowest BCUT2D eigenvalue weighted by Crippen LogP contribution is -2.25. The molecule has 4 heteroatoms. The lowest BCUT2D eigenvalue weighted by atomic mass is 9.81. The number of ketones is 1. The van der Waals surface area contributed by atoms with E-state index in [-0.39, 0.29) is 5.78 Å². The summed E-state index contributed by atoms with van der Waals surface area (Å²) >= 11 is 0. The number of fused-ring (bicyclic) bond motifs is 1. The molecule has 1 aromatic rings. The van der Waals surface area contributed by atoms with E-state index in [1.165, 1.54) is 18.4 Å². The number of aliphatic imine (C=N–C) groups is 2. The molecule has 1 saturated heterocycles. The van der Waals surface area contributed by atoms with Crippen molar-refractivity contribution in [3.63, 3.8) is 0 Å². The Kier molecular flexibility index (Phi) is 6.08. The number of benzene rings is 1. The fourth-order valence-corrected chi connectivity index (χ4v) is 3.81. The van der Waals surface area contributed by atoms with Crippen LogP contribution in [-0.4, -0.2) is 35.4 Å². The summed E-state index contributed by atoms with van der Waals surface area (Å²) in [6.45, 7) is 11.9. The minimum absolute atomic E-state index is 0.0322. The van der Waals surface area contributed by atoms with Crippen LogP contribution in [0.25, 0.3) is 5.57 Å². The summed E-state index contributed by atoms with van der Waals surface area (Å²) in [5, 5.41) is 0. The van der Waals surface area contributed by atoms with Crippen molar-refractivity contribution in [1.82, 2.24) is 4.90 Å². The molecule has 1 fully saturated rings. The van der Waals surface area contributed by atoms with Gasteiger partial charge in [-0.2, -0.15) is 0 Å². The Morgan fingerprint density at radius 3 is 2.11 bits per heavy atom. The van der Waals surface area contributed by atoms with Gasteiger partial charge in [-0.25, -0.2) is 9.98 Å². The van der Waals surface area contributed by atoms with Gasteiger partial charge in [0.25, 0.3) is 0 Å². The van der Waals surface area contributed by atoms with Crippen LogP contribution in [0.5, 0.6) is 0 Å². The average molecular weight is 376 g/mol. The highest BCUT2D eigenvalue weighted by Crippen LogP contribution is 2.38. The first kappa shape index (κ1) is 20.0. The lowest BCUT2D eigenvalue weighted by molar-refractivity contribution is -0.110. The van der Waals surface area contributed by atoms with Gasteiger partial charge in [-0.1, -0.05) is 55.8 Å². The third-order valence-corrected chi connectivity index (χ3v) is 5.21. The number of guanidine groups is 1. The molecule has 0 amide bonds. The van der Waals surface area contributed by atoms with Gasteiger partial charge in [-0.3, -0.25) is 4.79 Å². The van der Waals surface area contributed by atoms with E-state index < -0.39 is 0 Å². The number of likely N-dealkylation sites (tertiary alicyclic amines) is 1. The van der Waals surface area contributed by atoms with Crippen molar-refractivity contribution in [2.45, 2.75) is 47.5 Å². The van der Waals surface area contributed by atoms with Crippen LogP contribution in [0.2, 0.25) is 0 Å². The number of aryl methyl sites for hydroxylation is 1. The van der Waals surface area contributed by atoms with E-state index in [4.69, 9.17) is 9.98 Å². The van der Waals surface area contributed by atoms with Gasteiger partial charge in [-0.05, 0) is 39.2 Å². The van der Waals surface area contributed by atoms with Gasteiger partial charge in [0.05, 0.1) is 5.57 Å². The Labute approximate surface area is 168 Å². The molecule has 0 spiro atoms. The van der Waals surface area contributed by atoms with E-state index >= 15 is 0 Å². The quantitative estimate of drug-likeness (QED) is 0.640. The van der Waals surface area contributed by atoms with Crippen LogP contribution >= 0.6 is 0 Å². The summed E-state index contributed by atoms with van der Waals surface area (Å²) in [5.74, 6) is 0.784. The largest absolute Gasteiger partial charge is 0.341 e. The van der Waals surface area contributed by atoms with Crippen LogP contribution in [0.4, 0.5) is 0 Å². The first-order valence-electron chi connectivity index (χ1n) is 10.3. The Hall–Kier alpha value is -2.75. The highest BCUT2D eigenvalue weighted by atomic mass is 16.1. The van der Waals surface area contributed by atoms with Crippen molar-refractivity contribution < 1.29 is 4.79 Å². The molecule has 0 atom stereocenters. The minimum Gasteiger partial charge on any atom is -0.341 e. The van der Waals surface area contributed by atoms with Gasteiger partial charge >= 0.3 is 0 Å². The number of hydrogen-bond donors (Lipinski definition) is 0. The molecule has 4 rings (SSSR count). The number of carbonyl (C=O) groups is 1. The standard InChI is InChI=1S/C22H23N3O.C2H6/c1-4-16-17(5-2)21(26)18(15-10-8-14(3)9-11-15)20-19(16)23-22(24-20)25-12-6-7-13-25;1-2/h4-5,8-11H,6-7,12-13H2,1-3H3;1-2H3/b16-4+,17-5+;. The van der Waals surface area contributed by atoms with Crippen LogP contribution in [0, 0.1) is 6.92 Å². The molecule has 2 aliphatic heterocycles. The smallest absolute Gasteiger partial charge is 0.226 e. The summed E-state index contributed by atoms with van der Waals surface area (Å²) in [6.07, 6.45) is 6.20. The van der Waals surface area contributed by atoms with Gasteiger partial charge in [0, 0.05) is 24.2 Å². The molecule has 4 nitrogen and oxygen atoms in total. The lowest BCUT2D eigenvalue weighted by Gasteiger charge is -2.21. The Balaban J connectivity index is 0.00000109. The number of rotatable bonds is 1. The monoisotopic (exact) mass is 375 g/mol. The molecular formula is C24H29N3O. The second-order valence-electron chi connectivity index (χ2n) is 6.89. The molecule has 0 bridgehead atoms. The highest BCUT2D eigenvalue weighted by Gasteiger charge is 2.37. The zero-order valence-electron chi connectivity index (χ0n) is 17.5. The molecule has 28 heavy (non-hydrogen) atoms. The molecule has 0 unspecified atom stereocenters. The molecule has 0 saturated carbocycles. The van der Waals surface area contributed by atoms with Gasteiger partial charge in [-0.15, -0.1) is 0 Å². The van der Waals surface area contributed by atoms with E-state index in [1.807, 2.05) is 71.0 Å². The fourth-order valence-electron chi connectivity index (χ4n) is 3.81. The molecule has 2 heterocycles. The Morgan fingerprint density at radius 2 is 1.54 bits per heavy atom. The summed E-state index contributed by atoms with van der Waals surface area (Å²) in [6, 6.07) is 8.08. The average Bonchev–Trinajstić information content (AvgIpc) is 3.39. The van der Waals surface area contributed by atoms with E-state index in [0.717, 1.165) is 41.6 Å².